The number of thiazole rings is 1. The number of nitrogens with two attached hydrogens (primary N) is 1. The highest BCUT2D eigenvalue weighted by Gasteiger charge is 2.29. The number of aromatic nitrogens is 1. The molecule has 27 heavy (non-hydrogen) atoms. The van der Waals surface area contributed by atoms with Crippen molar-refractivity contribution in [1.29, 1.82) is 5.41 Å². The molecule has 0 saturated heterocycles. The van der Waals surface area contributed by atoms with Crippen molar-refractivity contribution in [2.24, 2.45) is 4.99 Å². The molecule has 0 amide bonds. The molecule has 4 rings (SSSR count). The van der Waals surface area contributed by atoms with Gasteiger partial charge in [0, 0.05) is 21.8 Å². The molecule has 7 heteroatoms. The van der Waals surface area contributed by atoms with Gasteiger partial charge < -0.3 is 11.1 Å². The van der Waals surface area contributed by atoms with Crippen LogP contribution in [0.3, 0.4) is 0 Å². The zero-order valence-corrected chi connectivity index (χ0v) is 16.7. The minimum absolute atomic E-state index is 0.278. The lowest BCUT2D eigenvalue weighted by molar-refractivity contribution is 1.27. The SMILES string of the molecule is Cc1cc(C)c2c(c1C)C(c1sc(Nc3ccc(Cl)cc3)nc1N)=NC2=N. The molecule has 5 nitrogen and oxygen atoms in total. The predicted octanol–water partition coefficient (Wildman–Crippen LogP) is 5.22. The van der Waals surface area contributed by atoms with Crippen LogP contribution in [-0.2, 0) is 0 Å². The van der Waals surface area contributed by atoms with Crippen molar-refractivity contribution >= 4 is 51.1 Å². The zero-order valence-electron chi connectivity index (χ0n) is 15.1. The van der Waals surface area contributed by atoms with Crippen LogP contribution in [0.15, 0.2) is 35.3 Å². The van der Waals surface area contributed by atoms with Crippen LogP contribution in [0, 0.1) is 26.2 Å². The Bertz CT molecular complexity index is 1110. The topological polar surface area (TPSA) is 87.2 Å². The molecule has 0 aliphatic carbocycles. The minimum atomic E-state index is 0.278. The van der Waals surface area contributed by atoms with Crippen LogP contribution in [0.25, 0.3) is 0 Å². The van der Waals surface area contributed by atoms with Gasteiger partial charge in [-0.3, -0.25) is 5.41 Å². The van der Waals surface area contributed by atoms with Gasteiger partial charge >= 0.3 is 0 Å². The minimum Gasteiger partial charge on any atom is -0.382 e. The molecule has 0 spiro atoms. The third-order valence-corrected chi connectivity index (χ3v) is 5.95. The van der Waals surface area contributed by atoms with Crippen LogP contribution < -0.4 is 11.1 Å². The summed E-state index contributed by atoms with van der Waals surface area (Å²) in [5.41, 5.74) is 13.1. The van der Waals surface area contributed by atoms with Gasteiger partial charge in [-0.25, -0.2) is 9.98 Å². The Morgan fingerprint density at radius 2 is 1.78 bits per heavy atom. The number of halogens is 1. The molecular weight excluding hydrogens is 378 g/mol. The second-order valence-electron chi connectivity index (χ2n) is 6.56. The summed E-state index contributed by atoms with van der Waals surface area (Å²) in [5.74, 6) is 0.690. The first-order valence-corrected chi connectivity index (χ1v) is 9.62. The van der Waals surface area contributed by atoms with Crippen molar-refractivity contribution < 1.29 is 0 Å². The average molecular weight is 396 g/mol. The van der Waals surface area contributed by atoms with Gasteiger partial charge in [-0.05, 0) is 61.7 Å². The summed E-state index contributed by atoms with van der Waals surface area (Å²) in [6.45, 7) is 6.15. The Balaban J connectivity index is 1.76. The summed E-state index contributed by atoms with van der Waals surface area (Å²) in [6, 6.07) is 9.50. The van der Waals surface area contributed by atoms with Crippen LogP contribution in [0.5, 0.6) is 0 Å². The zero-order chi connectivity index (χ0) is 19.3. The Kier molecular flexibility index (Phi) is 4.25. The quantitative estimate of drug-likeness (QED) is 0.567. The monoisotopic (exact) mass is 395 g/mol. The van der Waals surface area contributed by atoms with E-state index in [1.54, 1.807) is 0 Å². The van der Waals surface area contributed by atoms with Gasteiger partial charge in [0.05, 0.1) is 10.6 Å². The van der Waals surface area contributed by atoms with Crippen molar-refractivity contribution in [3.63, 3.8) is 0 Å². The maximum absolute atomic E-state index is 8.32. The summed E-state index contributed by atoms with van der Waals surface area (Å²) < 4.78 is 0. The van der Waals surface area contributed by atoms with Gasteiger partial charge in [0.2, 0.25) is 0 Å². The summed E-state index contributed by atoms with van der Waals surface area (Å²) in [4.78, 5) is 9.75. The standard InChI is InChI=1S/C20H18ClN5S/c1-9-8-10(2)14-15(11(9)3)16(25-18(14)22)17-19(23)26-20(27-17)24-13-6-4-12(21)5-7-13/h4-8,22H,23H2,1-3H3,(H,24,26). The molecule has 1 aliphatic rings. The number of nitrogens with zero attached hydrogens (tertiary/aromatic N) is 2. The molecule has 4 N–H and O–H groups in total. The molecule has 136 valence electrons. The van der Waals surface area contributed by atoms with Crippen molar-refractivity contribution in [2.75, 3.05) is 11.1 Å². The highest BCUT2D eigenvalue weighted by atomic mass is 35.5. The number of fused-ring (bicyclic) bond motifs is 1. The van der Waals surface area contributed by atoms with Gasteiger partial charge in [-0.15, -0.1) is 0 Å². The number of nitrogen functional groups attached to an aromatic ring is 1. The van der Waals surface area contributed by atoms with Gasteiger partial charge in [0.15, 0.2) is 11.0 Å². The first-order chi connectivity index (χ1) is 12.8. The normalized spacial score (nSPS) is 12.9. The number of amidine groups is 1. The third kappa shape index (κ3) is 3.01. The first-order valence-electron chi connectivity index (χ1n) is 8.43. The Labute approximate surface area is 166 Å². The Morgan fingerprint density at radius 1 is 1.07 bits per heavy atom. The number of hydrogen-bond donors (Lipinski definition) is 3. The molecule has 0 fully saturated rings. The lowest BCUT2D eigenvalue weighted by Gasteiger charge is -2.12. The molecule has 0 unspecified atom stereocenters. The maximum atomic E-state index is 8.32. The lowest BCUT2D eigenvalue weighted by atomic mass is 9.91. The van der Waals surface area contributed by atoms with E-state index in [4.69, 9.17) is 22.7 Å². The van der Waals surface area contributed by atoms with E-state index in [1.165, 1.54) is 16.9 Å². The van der Waals surface area contributed by atoms with Crippen LogP contribution in [-0.4, -0.2) is 16.5 Å². The summed E-state index contributed by atoms with van der Waals surface area (Å²) in [6.07, 6.45) is 0. The van der Waals surface area contributed by atoms with Crippen LogP contribution in [0.2, 0.25) is 5.02 Å². The fourth-order valence-electron chi connectivity index (χ4n) is 3.29. The molecule has 2 aromatic carbocycles. The number of aryl methyl sites for hydroxylation is 2. The van der Waals surface area contributed by atoms with Gasteiger partial charge in [-0.2, -0.15) is 0 Å². The van der Waals surface area contributed by atoms with E-state index >= 15 is 0 Å². The number of anilines is 3. The van der Waals surface area contributed by atoms with Gasteiger partial charge in [0.25, 0.3) is 0 Å². The number of benzene rings is 2. The van der Waals surface area contributed by atoms with Crippen molar-refractivity contribution in [1.82, 2.24) is 4.98 Å². The molecular formula is C20H18ClN5S. The van der Waals surface area contributed by atoms with E-state index < -0.39 is 0 Å². The Hall–Kier alpha value is -2.70. The number of nitrogens with one attached hydrogen (secondary N) is 2. The molecule has 2 heterocycles. The lowest BCUT2D eigenvalue weighted by Crippen LogP contribution is -2.07. The fourth-order valence-corrected chi connectivity index (χ4v) is 4.31. The molecule has 0 saturated carbocycles. The molecule has 1 aliphatic heterocycles. The fraction of sp³-hybridized carbons (Fsp3) is 0.150. The number of aliphatic imine (C=N–C) groups is 1. The van der Waals surface area contributed by atoms with Crippen LogP contribution >= 0.6 is 22.9 Å². The maximum Gasteiger partial charge on any atom is 0.189 e. The van der Waals surface area contributed by atoms with E-state index in [2.05, 4.69) is 35.2 Å². The molecule has 0 bridgehead atoms. The molecule has 3 aromatic rings. The summed E-state index contributed by atoms with van der Waals surface area (Å²) >= 11 is 7.37. The van der Waals surface area contributed by atoms with Gasteiger partial charge in [0.1, 0.15) is 5.82 Å². The average Bonchev–Trinajstić information content (AvgIpc) is 3.15. The predicted molar refractivity (Wildman–Crippen MR) is 114 cm³/mol. The van der Waals surface area contributed by atoms with Gasteiger partial charge in [-0.1, -0.05) is 29.0 Å². The molecule has 0 atom stereocenters. The van der Waals surface area contributed by atoms with E-state index in [0.717, 1.165) is 38.5 Å². The second kappa shape index (κ2) is 6.48. The third-order valence-electron chi connectivity index (χ3n) is 4.71. The van der Waals surface area contributed by atoms with Crippen molar-refractivity contribution in [3.8, 4) is 0 Å². The highest BCUT2D eigenvalue weighted by molar-refractivity contribution is 7.18. The Morgan fingerprint density at radius 3 is 2.48 bits per heavy atom. The number of hydrogen-bond acceptors (Lipinski definition) is 5. The number of rotatable bonds is 3. The van der Waals surface area contributed by atoms with E-state index in [-0.39, 0.29) is 5.84 Å². The second-order valence-corrected chi connectivity index (χ2v) is 8.00. The molecule has 1 aromatic heterocycles. The van der Waals surface area contributed by atoms with Crippen LogP contribution in [0.1, 0.15) is 32.7 Å². The van der Waals surface area contributed by atoms with E-state index in [1.807, 2.05) is 31.2 Å². The molecule has 0 radical (unpaired) electrons. The highest BCUT2D eigenvalue weighted by Crippen LogP contribution is 2.36. The van der Waals surface area contributed by atoms with E-state index in [0.29, 0.717) is 16.0 Å². The first kappa shape index (κ1) is 17.7. The van der Waals surface area contributed by atoms with Crippen molar-refractivity contribution in [3.05, 3.63) is 68.0 Å². The van der Waals surface area contributed by atoms with E-state index in [9.17, 15) is 0 Å². The van der Waals surface area contributed by atoms with Crippen molar-refractivity contribution in [2.45, 2.75) is 20.8 Å². The van der Waals surface area contributed by atoms with Crippen LogP contribution in [0.4, 0.5) is 16.6 Å². The largest absolute Gasteiger partial charge is 0.382 e. The summed E-state index contributed by atoms with van der Waals surface area (Å²) in [7, 11) is 0. The summed E-state index contributed by atoms with van der Waals surface area (Å²) in [5, 5.41) is 12.9. The smallest absolute Gasteiger partial charge is 0.189 e.